The Hall–Kier alpha value is -1.69. The Bertz CT molecular complexity index is 567. The molecule has 1 fully saturated rings. The van der Waals surface area contributed by atoms with E-state index in [1.807, 2.05) is 13.0 Å². The van der Waals surface area contributed by atoms with Gasteiger partial charge in [0, 0.05) is 11.8 Å². The van der Waals surface area contributed by atoms with E-state index in [-0.39, 0.29) is 0 Å². The molecule has 0 aliphatic heterocycles. The Balaban J connectivity index is 1.76. The molecule has 1 aliphatic carbocycles. The third-order valence-electron chi connectivity index (χ3n) is 3.91. The van der Waals surface area contributed by atoms with Crippen LogP contribution in [-0.4, -0.2) is 32.7 Å². The molecule has 0 spiro atoms. The van der Waals surface area contributed by atoms with Gasteiger partial charge in [0.2, 0.25) is 5.88 Å². The summed E-state index contributed by atoms with van der Waals surface area (Å²) in [4.78, 5) is 8.39. The number of aryl methyl sites for hydroxylation is 1. The van der Waals surface area contributed by atoms with Gasteiger partial charge in [0.05, 0.1) is 6.61 Å². The van der Waals surface area contributed by atoms with Crippen LogP contribution in [0.3, 0.4) is 0 Å². The van der Waals surface area contributed by atoms with Gasteiger partial charge in [-0.15, -0.1) is 0 Å². The molecule has 0 aromatic carbocycles. The Kier molecular flexibility index (Phi) is 3.33. The minimum Gasteiger partial charge on any atom is -0.477 e. The lowest BCUT2D eigenvalue weighted by Crippen LogP contribution is -2.23. The smallest absolute Gasteiger partial charge is 0.255 e. The number of nitrogens with two attached hydrogens (primary N) is 1. The predicted molar refractivity (Wildman–Crippen MR) is 70.9 cm³/mol. The second-order valence-electron chi connectivity index (χ2n) is 5.21. The summed E-state index contributed by atoms with van der Waals surface area (Å²) in [6.07, 6.45) is 5.17. The predicted octanol–water partition coefficient (Wildman–Crippen LogP) is 1.19. The van der Waals surface area contributed by atoms with Crippen molar-refractivity contribution in [2.24, 2.45) is 17.6 Å². The molecule has 0 saturated heterocycles. The standard InChI is InChI=1S/C13H19N5O/c1-9-5-12(18-13(17-9)15-8-16-18)19-7-11-4-2-3-10(11)6-14/h5,8,10-11H,2-4,6-7,14H2,1H3. The maximum atomic E-state index is 5.94. The van der Waals surface area contributed by atoms with E-state index in [2.05, 4.69) is 15.1 Å². The van der Waals surface area contributed by atoms with Crippen LogP contribution in [0.4, 0.5) is 0 Å². The van der Waals surface area contributed by atoms with Gasteiger partial charge in [-0.05, 0) is 38.1 Å². The van der Waals surface area contributed by atoms with Gasteiger partial charge in [0.15, 0.2) is 0 Å². The summed E-state index contributed by atoms with van der Waals surface area (Å²) in [5.74, 6) is 2.44. The van der Waals surface area contributed by atoms with Crippen LogP contribution in [0.25, 0.3) is 5.78 Å². The second kappa shape index (κ2) is 5.13. The third-order valence-corrected chi connectivity index (χ3v) is 3.91. The lowest BCUT2D eigenvalue weighted by Gasteiger charge is -2.18. The van der Waals surface area contributed by atoms with Crippen molar-refractivity contribution in [3.63, 3.8) is 0 Å². The van der Waals surface area contributed by atoms with Crippen LogP contribution in [-0.2, 0) is 0 Å². The van der Waals surface area contributed by atoms with Crippen LogP contribution in [0, 0.1) is 18.8 Å². The number of hydrogen-bond donors (Lipinski definition) is 1. The molecule has 19 heavy (non-hydrogen) atoms. The number of hydrogen-bond acceptors (Lipinski definition) is 5. The van der Waals surface area contributed by atoms with Crippen molar-refractivity contribution in [3.8, 4) is 5.88 Å². The molecule has 1 aliphatic rings. The third kappa shape index (κ3) is 2.40. The molecule has 0 radical (unpaired) electrons. The van der Waals surface area contributed by atoms with Gasteiger partial charge >= 0.3 is 0 Å². The molecule has 6 nitrogen and oxygen atoms in total. The summed E-state index contributed by atoms with van der Waals surface area (Å²) >= 11 is 0. The SMILES string of the molecule is Cc1cc(OCC2CCCC2CN)n2ncnc2n1. The zero-order valence-electron chi connectivity index (χ0n) is 11.1. The lowest BCUT2D eigenvalue weighted by molar-refractivity contribution is 0.206. The molecule has 0 bridgehead atoms. The first-order valence-electron chi connectivity index (χ1n) is 6.78. The van der Waals surface area contributed by atoms with Crippen LogP contribution >= 0.6 is 0 Å². The van der Waals surface area contributed by atoms with Crippen LogP contribution in [0.15, 0.2) is 12.4 Å². The molecule has 6 heteroatoms. The molecule has 1 saturated carbocycles. The van der Waals surface area contributed by atoms with Gasteiger partial charge in [-0.1, -0.05) is 6.42 Å². The fraction of sp³-hybridized carbons (Fsp3) is 0.615. The largest absolute Gasteiger partial charge is 0.477 e. The van der Waals surface area contributed by atoms with Gasteiger partial charge in [-0.3, -0.25) is 0 Å². The van der Waals surface area contributed by atoms with Gasteiger partial charge < -0.3 is 10.5 Å². The summed E-state index contributed by atoms with van der Waals surface area (Å²) in [7, 11) is 0. The number of nitrogens with zero attached hydrogens (tertiary/aromatic N) is 4. The quantitative estimate of drug-likeness (QED) is 0.894. The number of aromatic nitrogens is 4. The maximum absolute atomic E-state index is 5.94. The Morgan fingerprint density at radius 3 is 3.11 bits per heavy atom. The zero-order valence-corrected chi connectivity index (χ0v) is 11.1. The van der Waals surface area contributed by atoms with E-state index in [1.165, 1.54) is 25.6 Å². The molecule has 2 aromatic heterocycles. The molecule has 2 N–H and O–H groups in total. The van der Waals surface area contributed by atoms with E-state index < -0.39 is 0 Å². The normalized spacial score (nSPS) is 23.1. The minimum atomic E-state index is 0.553. The average molecular weight is 261 g/mol. The highest BCUT2D eigenvalue weighted by Crippen LogP contribution is 2.31. The summed E-state index contributed by atoms with van der Waals surface area (Å²) in [5.41, 5.74) is 6.68. The first-order chi connectivity index (χ1) is 9.28. The van der Waals surface area contributed by atoms with Crippen LogP contribution in [0.5, 0.6) is 5.88 Å². The van der Waals surface area contributed by atoms with E-state index >= 15 is 0 Å². The van der Waals surface area contributed by atoms with Gasteiger partial charge in [-0.25, -0.2) is 4.98 Å². The fourth-order valence-corrected chi connectivity index (χ4v) is 2.84. The van der Waals surface area contributed by atoms with Crippen molar-refractivity contribution >= 4 is 5.78 Å². The first kappa shape index (κ1) is 12.3. The van der Waals surface area contributed by atoms with E-state index in [9.17, 15) is 0 Å². The van der Waals surface area contributed by atoms with Crippen LogP contribution in [0.1, 0.15) is 25.0 Å². The maximum Gasteiger partial charge on any atom is 0.255 e. The van der Waals surface area contributed by atoms with Gasteiger partial charge in [-0.2, -0.15) is 14.6 Å². The van der Waals surface area contributed by atoms with Crippen molar-refractivity contribution in [2.75, 3.05) is 13.2 Å². The second-order valence-corrected chi connectivity index (χ2v) is 5.21. The van der Waals surface area contributed by atoms with Crippen molar-refractivity contribution in [3.05, 3.63) is 18.1 Å². The van der Waals surface area contributed by atoms with E-state index in [4.69, 9.17) is 10.5 Å². The van der Waals surface area contributed by atoms with Crippen molar-refractivity contribution in [2.45, 2.75) is 26.2 Å². The Morgan fingerprint density at radius 1 is 1.42 bits per heavy atom. The topological polar surface area (TPSA) is 78.3 Å². The molecular formula is C13H19N5O. The summed E-state index contributed by atoms with van der Waals surface area (Å²) in [6.45, 7) is 3.38. The lowest BCUT2D eigenvalue weighted by atomic mass is 9.97. The zero-order chi connectivity index (χ0) is 13.2. The fourth-order valence-electron chi connectivity index (χ4n) is 2.84. The van der Waals surface area contributed by atoms with E-state index in [1.54, 1.807) is 4.52 Å². The molecule has 2 aromatic rings. The van der Waals surface area contributed by atoms with E-state index in [0.717, 1.165) is 12.2 Å². The molecular weight excluding hydrogens is 242 g/mol. The Morgan fingerprint density at radius 2 is 2.26 bits per heavy atom. The monoisotopic (exact) mass is 261 g/mol. The van der Waals surface area contributed by atoms with Gasteiger partial charge in [0.1, 0.15) is 6.33 Å². The highest BCUT2D eigenvalue weighted by Gasteiger charge is 2.26. The summed E-state index contributed by atoms with van der Waals surface area (Å²) in [5, 5.41) is 4.14. The highest BCUT2D eigenvalue weighted by atomic mass is 16.5. The number of fused-ring (bicyclic) bond motifs is 1. The van der Waals surface area contributed by atoms with Crippen molar-refractivity contribution in [1.29, 1.82) is 0 Å². The average Bonchev–Trinajstić information content (AvgIpc) is 3.03. The molecule has 102 valence electrons. The number of rotatable bonds is 4. The molecule has 3 rings (SSSR count). The van der Waals surface area contributed by atoms with Crippen molar-refractivity contribution < 1.29 is 4.74 Å². The number of ether oxygens (including phenoxy) is 1. The van der Waals surface area contributed by atoms with Gasteiger partial charge in [0.25, 0.3) is 5.78 Å². The minimum absolute atomic E-state index is 0.553. The van der Waals surface area contributed by atoms with E-state index in [0.29, 0.717) is 30.1 Å². The molecule has 2 heterocycles. The van der Waals surface area contributed by atoms with Crippen LogP contribution in [0.2, 0.25) is 0 Å². The highest BCUT2D eigenvalue weighted by molar-refractivity contribution is 5.32. The molecule has 2 unspecified atom stereocenters. The first-order valence-corrected chi connectivity index (χ1v) is 6.78. The molecule has 2 atom stereocenters. The van der Waals surface area contributed by atoms with Crippen molar-refractivity contribution in [1.82, 2.24) is 19.6 Å². The van der Waals surface area contributed by atoms with Crippen LogP contribution < -0.4 is 10.5 Å². The summed E-state index contributed by atoms with van der Waals surface area (Å²) in [6, 6.07) is 1.90. The summed E-state index contributed by atoms with van der Waals surface area (Å²) < 4.78 is 7.58. The molecule has 0 amide bonds. The Labute approximate surface area is 112 Å².